The topological polar surface area (TPSA) is 26.0 Å². The molecule has 0 bridgehead atoms. The molecule has 0 N–H and O–H groups in total. The minimum atomic E-state index is 0.00818. The molecule has 0 spiro atoms. The first-order valence-electron chi connectivity index (χ1n) is 8.57. The molecule has 3 aliphatic carbocycles. The molecule has 116 valence electrons. The highest BCUT2D eigenvalue weighted by atomic mass is 16.5. The number of fused-ring (bicyclic) bond motifs is 4. The van der Waals surface area contributed by atoms with Gasteiger partial charge in [-0.05, 0) is 55.4 Å². The summed E-state index contributed by atoms with van der Waals surface area (Å²) in [6.45, 7) is 7.09. The second-order valence-electron chi connectivity index (χ2n) is 8.32. The Morgan fingerprint density at radius 3 is 2.91 bits per heavy atom. The van der Waals surface area contributed by atoms with Crippen LogP contribution in [0.4, 0.5) is 0 Å². The first-order valence-corrected chi connectivity index (χ1v) is 8.57. The number of nitrogens with zero attached hydrogens (tertiary/aromatic N) is 1. The van der Waals surface area contributed by atoms with Gasteiger partial charge in [-0.25, -0.2) is 0 Å². The van der Waals surface area contributed by atoms with E-state index in [0.29, 0.717) is 5.92 Å². The average molecular weight is 295 g/mol. The SMILES string of the molecule is C#C[C@]12CCCC=C1[C@@]1(C)Cc3cnoc3C(C)(C)[C@@H]1CC2. The fourth-order valence-corrected chi connectivity index (χ4v) is 5.99. The molecule has 0 unspecified atom stereocenters. The highest BCUT2D eigenvalue weighted by Crippen LogP contribution is 2.64. The van der Waals surface area contributed by atoms with E-state index < -0.39 is 0 Å². The molecule has 0 amide bonds. The van der Waals surface area contributed by atoms with E-state index in [1.54, 1.807) is 5.57 Å². The van der Waals surface area contributed by atoms with Crippen LogP contribution in [0.15, 0.2) is 22.4 Å². The fraction of sp³-hybridized carbons (Fsp3) is 0.650. The van der Waals surface area contributed by atoms with Crippen molar-refractivity contribution in [2.75, 3.05) is 0 Å². The van der Waals surface area contributed by atoms with E-state index in [0.717, 1.165) is 25.0 Å². The summed E-state index contributed by atoms with van der Waals surface area (Å²) >= 11 is 0. The third-order valence-electron chi connectivity index (χ3n) is 6.85. The van der Waals surface area contributed by atoms with Crippen molar-refractivity contribution in [2.45, 2.75) is 64.7 Å². The van der Waals surface area contributed by atoms with Gasteiger partial charge >= 0.3 is 0 Å². The van der Waals surface area contributed by atoms with Gasteiger partial charge in [-0.3, -0.25) is 0 Å². The van der Waals surface area contributed by atoms with Crippen molar-refractivity contribution in [1.82, 2.24) is 5.16 Å². The number of rotatable bonds is 0. The van der Waals surface area contributed by atoms with Gasteiger partial charge in [-0.1, -0.05) is 37.9 Å². The van der Waals surface area contributed by atoms with Crippen LogP contribution in [0.2, 0.25) is 0 Å². The minimum Gasteiger partial charge on any atom is -0.361 e. The zero-order valence-electron chi connectivity index (χ0n) is 13.9. The molecule has 1 aromatic rings. The summed E-state index contributed by atoms with van der Waals surface area (Å²) in [5, 5.41) is 4.10. The summed E-state index contributed by atoms with van der Waals surface area (Å²) < 4.78 is 5.64. The van der Waals surface area contributed by atoms with Gasteiger partial charge in [0.2, 0.25) is 0 Å². The van der Waals surface area contributed by atoms with E-state index in [2.05, 4.69) is 37.9 Å². The van der Waals surface area contributed by atoms with Gasteiger partial charge in [0.25, 0.3) is 0 Å². The maximum absolute atomic E-state index is 6.05. The number of hydrogen-bond acceptors (Lipinski definition) is 2. The number of hydrogen-bond donors (Lipinski definition) is 0. The molecular weight excluding hydrogens is 270 g/mol. The van der Waals surface area contributed by atoms with Crippen molar-refractivity contribution in [3.05, 3.63) is 29.2 Å². The Morgan fingerprint density at radius 1 is 1.32 bits per heavy atom. The molecular formula is C20H25NO. The first-order chi connectivity index (χ1) is 10.4. The van der Waals surface area contributed by atoms with E-state index in [1.165, 1.54) is 24.8 Å². The standard InChI is InChI=1S/C20H25NO/c1-5-20-10-7-6-8-16(20)19(4)12-14-13-21-22-17(14)18(2,3)15(19)9-11-20/h1,8,13,15H,6-7,9-12H2,2-4H3/t15-,19-,20+/m0/s1. The van der Waals surface area contributed by atoms with Crippen LogP contribution in [0.1, 0.15) is 64.2 Å². The monoisotopic (exact) mass is 295 g/mol. The molecule has 1 saturated carbocycles. The predicted octanol–water partition coefficient (Wildman–Crippen LogP) is 4.65. The summed E-state index contributed by atoms with van der Waals surface area (Å²) in [7, 11) is 0. The zero-order chi connectivity index (χ0) is 15.6. The molecule has 3 aliphatic rings. The molecule has 1 fully saturated rings. The lowest BCUT2D eigenvalue weighted by Crippen LogP contribution is -2.54. The minimum absolute atomic E-state index is 0.00818. The van der Waals surface area contributed by atoms with Crippen molar-refractivity contribution in [3.8, 4) is 12.3 Å². The van der Waals surface area contributed by atoms with E-state index >= 15 is 0 Å². The van der Waals surface area contributed by atoms with Crippen LogP contribution < -0.4 is 0 Å². The molecule has 0 radical (unpaired) electrons. The van der Waals surface area contributed by atoms with Crippen LogP contribution in [0.3, 0.4) is 0 Å². The molecule has 0 aliphatic heterocycles. The first kappa shape index (κ1) is 14.1. The van der Waals surface area contributed by atoms with Crippen molar-refractivity contribution in [1.29, 1.82) is 0 Å². The Morgan fingerprint density at radius 2 is 2.14 bits per heavy atom. The van der Waals surface area contributed by atoms with E-state index in [4.69, 9.17) is 10.9 Å². The lowest BCUT2D eigenvalue weighted by molar-refractivity contribution is 0.0341. The number of allylic oxidation sites excluding steroid dienone is 2. The maximum Gasteiger partial charge on any atom is 0.145 e. The van der Waals surface area contributed by atoms with Gasteiger partial charge in [-0.2, -0.15) is 0 Å². The van der Waals surface area contributed by atoms with Crippen LogP contribution in [0.5, 0.6) is 0 Å². The molecule has 0 aromatic carbocycles. The van der Waals surface area contributed by atoms with Crippen LogP contribution >= 0.6 is 0 Å². The normalized spacial score (nSPS) is 39.0. The Kier molecular flexibility index (Phi) is 2.75. The maximum atomic E-state index is 6.05. The Hall–Kier alpha value is -1.49. The predicted molar refractivity (Wildman–Crippen MR) is 87.3 cm³/mol. The van der Waals surface area contributed by atoms with Crippen molar-refractivity contribution < 1.29 is 4.52 Å². The van der Waals surface area contributed by atoms with Gasteiger partial charge in [0, 0.05) is 11.0 Å². The molecule has 2 nitrogen and oxygen atoms in total. The highest BCUT2D eigenvalue weighted by molar-refractivity contribution is 5.43. The third-order valence-corrected chi connectivity index (χ3v) is 6.85. The summed E-state index contributed by atoms with van der Waals surface area (Å²) in [6.07, 6.45) is 17.4. The van der Waals surface area contributed by atoms with E-state index in [1.807, 2.05) is 6.20 Å². The summed E-state index contributed by atoms with van der Waals surface area (Å²) in [6, 6.07) is 0. The quantitative estimate of drug-likeness (QED) is 0.514. The van der Waals surface area contributed by atoms with E-state index in [9.17, 15) is 0 Å². The Balaban J connectivity index is 1.91. The lowest BCUT2D eigenvalue weighted by atomic mass is 9.44. The Bertz CT molecular complexity index is 689. The van der Waals surface area contributed by atoms with Crippen LogP contribution in [0, 0.1) is 29.1 Å². The Labute approximate surface area is 133 Å². The second-order valence-corrected chi connectivity index (χ2v) is 8.32. The molecule has 1 aromatic heterocycles. The number of terminal acetylenes is 1. The molecule has 0 saturated heterocycles. The third kappa shape index (κ3) is 1.55. The second kappa shape index (κ2) is 4.28. The lowest BCUT2D eigenvalue weighted by Gasteiger charge is -2.58. The highest BCUT2D eigenvalue weighted by Gasteiger charge is 2.59. The average Bonchev–Trinajstić information content (AvgIpc) is 2.95. The summed E-state index contributed by atoms with van der Waals surface area (Å²) in [5.74, 6) is 4.89. The van der Waals surface area contributed by atoms with E-state index in [-0.39, 0.29) is 16.2 Å². The fourth-order valence-electron chi connectivity index (χ4n) is 5.99. The van der Waals surface area contributed by atoms with Crippen molar-refractivity contribution in [3.63, 3.8) is 0 Å². The van der Waals surface area contributed by atoms with Gasteiger partial charge in [0.05, 0.1) is 11.6 Å². The van der Waals surface area contributed by atoms with Crippen LogP contribution in [-0.4, -0.2) is 5.16 Å². The van der Waals surface area contributed by atoms with Gasteiger partial charge in [-0.15, -0.1) is 6.42 Å². The zero-order valence-corrected chi connectivity index (χ0v) is 13.9. The molecule has 4 rings (SSSR count). The number of aromatic nitrogens is 1. The molecule has 22 heavy (non-hydrogen) atoms. The van der Waals surface area contributed by atoms with Gasteiger partial charge < -0.3 is 4.52 Å². The van der Waals surface area contributed by atoms with Crippen molar-refractivity contribution >= 4 is 0 Å². The largest absolute Gasteiger partial charge is 0.361 e. The molecule has 3 atom stereocenters. The van der Waals surface area contributed by atoms with Gasteiger partial charge in [0.1, 0.15) is 5.76 Å². The van der Waals surface area contributed by atoms with Crippen LogP contribution in [-0.2, 0) is 11.8 Å². The van der Waals surface area contributed by atoms with Crippen molar-refractivity contribution in [2.24, 2.45) is 16.7 Å². The smallest absolute Gasteiger partial charge is 0.145 e. The summed E-state index contributed by atoms with van der Waals surface area (Å²) in [4.78, 5) is 0. The van der Waals surface area contributed by atoms with Crippen LogP contribution in [0.25, 0.3) is 0 Å². The van der Waals surface area contributed by atoms with Gasteiger partial charge in [0.15, 0.2) is 0 Å². The summed E-state index contributed by atoms with van der Waals surface area (Å²) in [5.41, 5.74) is 3.01. The molecule has 2 heteroatoms. The molecule has 1 heterocycles.